The van der Waals surface area contributed by atoms with Crippen molar-refractivity contribution >= 4 is 17.5 Å². The molecule has 1 saturated heterocycles. The fraction of sp³-hybridized carbons (Fsp3) is 0.429. The van der Waals surface area contributed by atoms with Gasteiger partial charge in [0.25, 0.3) is 5.91 Å². The van der Waals surface area contributed by atoms with E-state index in [1.807, 2.05) is 0 Å². The van der Waals surface area contributed by atoms with Crippen molar-refractivity contribution in [1.82, 2.24) is 9.88 Å². The molecule has 0 spiro atoms. The molecule has 1 aromatic heterocycles. The number of aryl methyl sites for hydroxylation is 2. The maximum atomic E-state index is 17.0. The molecule has 0 N–H and O–H groups in total. The SMILES string of the molecule is [2H]C([2H])([2H])c1ccc(C([2H])([2H])CC([2H])([2H])C2(F)C([2H])([2H])C([2H])([2H])N(C(=O)c3ccc(F)c(Cl)c3)C([2H])([2H])C2([2H])[2H])nc1. The number of benzene rings is 1. The van der Waals surface area contributed by atoms with Crippen LogP contribution in [0.4, 0.5) is 8.78 Å². The van der Waals surface area contributed by atoms with E-state index in [4.69, 9.17) is 32.2 Å². The van der Waals surface area contributed by atoms with Crippen LogP contribution in [0.15, 0.2) is 36.5 Å². The predicted octanol–water partition coefficient (Wildman–Crippen LogP) is 5.15. The molecule has 0 radical (unpaired) electrons. The monoisotopic (exact) mass is 407 g/mol. The molecule has 6 heteroatoms. The first kappa shape index (κ1) is 8.16. The molecular weight excluding hydrogens is 370 g/mol. The van der Waals surface area contributed by atoms with Crippen molar-refractivity contribution in [2.24, 2.45) is 0 Å². The van der Waals surface area contributed by atoms with Crippen molar-refractivity contribution in [1.29, 1.82) is 0 Å². The van der Waals surface area contributed by atoms with E-state index < -0.39 is 90.3 Å². The molecule has 0 unspecified atom stereocenters. The van der Waals surface area contributed by atoms with Gasteiger partial charge in [-0.05, 0) is 68.6 Å². The fourth-order valence-corrected chi connectivity index (χ4v) is 2.21. The Morgan fingerprint density at radius 3 is 2.81 bits per heavy atom. The van der Waals surface area contributed by atoms with Gasteiger partial charge < -0.3 is 4.90 Å². The third-order valence-corrected chi connectivity index (χ3v) is 3.70. The molecule has 0 atom stereocenters. The molecule has 2 aromatic rings. The van der Waals surface area contributed by atoms with Crippen LogP contribution < -0.4 is 0 Å². The summed E-state index contributed by atoms with van der Waals surface area (Å²) in [4.78, 5) is 16.3. The Morgan fingerprint density at radius 1 is 1.41 bits per heavy atom. The van der Waals surface area contributed by atoms with E-state index in [0.717, 1.165) is 24.4 Å². The van der Waals surface area contributed by atoms with Crippen LogP contribution in [0.3, 0.4) is 0 Å². The zero-order valence-electron chi connectivity index (χ0n) is 28.6. The molecule has 1 fully saturated rings. The maximum Gasteiger partial charge on any atom is 0.253 e. The third-order valence-electron chi connectivity index (χ3n) is 3.41. The highest BCUT2D eigenvalue weighted by molar-refractivity contribution is 6.31. The van der Waals surface area contributed by atoms with E-state index in [0.29, 0.717) is 12.1 Å². The lowest BCUT2D eigenvalue weighted by atomic mass is 9.87. The summed E-state index contributed by atoms with van der Waals surface area (Å²) >= 11 is 5.64. The van der Waals surface area contributed by atoms with E-state index in [1.165, 1.54) is 0 Å². The van der Waals surface area contributed by atoms with Crippen LogP contribution in [-0.2, 0) is 6.37 Å². The number of amides is 1. The second kappa shape index (κ2) is 8.34. The van der Waals surface area contributed by atoms with Gasteiger partial charge >= 0.3 is 0 Å². The number of rotatable bonds is 5. The first-order chi connectivity index (χ1) is 18.6. The molecule has 1 amide bonds. The van der Waals surface area contributed by atoms with Crippen LogP contribution in [0, 0.1) is 12.7 Å². The number of hydrogen-bond acceptors (Lipinski definition) is 2. The number of hydrogen-bond donors (Lipinski definition) is 0. The van der Waals surface area contributed by atoms with Gasteiger partial charge in [-0.25, -0.2) is 8.78 Å². The van der Waals surface area contributed by atoms with Gasteiger partial charge in [0, 0.05) is 51.0 Å². The third kappa shape index (κ3) is 5.04. The average Bonchev–Trinajstić information content (AvgIpc) is 2.82. The molecule has 0 saturated carbocycles. The number of alkyl halides is 1. The van der Waals surface area contributed by atoms with Gasteiger partial charge in [-0.1, -0.05) is 17.7 Å². The van der Waals surface area contributed by atoms with Crippen LogP contribution in [0.5, 0.6) is 0 Å². The Morgan fingerprint density at radius 2 is 2.19 bits per heavy atom. The molecule has 0 aliphatic carbocycles. The molecule has 0 bridgehead atoms. The van der Waals surface area contributed by atoms with Crippen LogP contribution in [0.1, 0.15) is 67.7 Å². The number of halogens is 3. The number of pyridine rings is 1. The molecule has 1 aliphatic heterocycles. The number of likely N-dealkylation sites (tertiary alicyclic amines) is 1. The summed E-state index contributed by atoms with van der Waals surface area (Å²) in [6, 6.07) is 3.78. The number of nitrogens with zero attached hydrogens (tertiary/aromatic N) is 2. The van der Waals surface area contributed by atoms with Gasteiger partial charge in [0.1, 0.15) is 11.5 Å². The summed E-state index contributed by atoms with van der Waals surface area (Å²) in [5.41, 5.74) is -6.53. The lowest BCUT2D eigenvalue weighted by Crippen LogP contribution is -2.44. The van der Waals surface area contributed by atoms with E-state index in [9.17, 15) is 9.18 Å². The van der Waals surface area contributed by atoms with Gasteiger partial charge in [-0.15, -0.1) is 0 Å². The minimum Gasteiger partial charge on any atom is -0.338 e. The summed E-state index contributed by atoms with van der Waals surface area (Å²) in [6.07, 6.45) is -16.9. The Labute approximate surface area is 184 Å². The second-order valence-electron chi connectivity index (χ2n) is 5.36. The van der Waals surface area contributed by atoms with Crippen LogP contribution >= 0.6 is 11.6 Å². The standard InChI is InChI=1S/C21H23ClF2N2O/c1-15-4-6-17(25-14-15)3-2-8-21(24)9-11-26(12-10-21)20(27)16-5-7-19(23)18(22)13-16/h4-7,13-14H,2-3,8-12H2,1H3/i1D3,3D2,8D2,9D2,10D2,11D2,12D2. The quantitative estimate of drug-likeness (QED) is 0.686. The Hall–Kier alpha value is -2.01. The van der Waals surface area contributed by atoms with Gasteiger partial charge in [-0.2, -0.15) is 0 Å². The minimum absolute atomic E-state index is 0.319. The molecule has 3 rings (SSSR count). The second-order valence-corrected chi connectivity index (χ2v) is 5.77. The summed E-state index contributed by atoms with van der Waals surface area (Å²) in [5.74, 6) is -2.80. The van der Waals surface area contributed by atoms with Crippen molar-refractivity contribution < 1.29 is 34.1 Å². The highest BCUT2D eigenvalue weighted by Gasteiger charge is 2.35. The minimum atomic E-state index is -4.83. The van der Waals surface area contributed by atoms with Gasteiger partial charge in [0.15, 0.2) is 0 Å². The van der Waals surface area contributed by atoms with Crippen LogP contribution in [0.25, 0.3) is 0 Å². The van der Waals surface area contributed by atoms with Crippen LogP contribution in [-0.4, -0.2) is 34.5 Å². The Balaban J connectivity index is 2.16. The number of carbonyl (C=O) groups is 1. The normalized spacial score (nSPS) is 33.6. The topological polar surface area (TPSA) is 33.2 Å². The molecule has 1 aliphatic rings. The van der Waals surface area contributed by atoms with Gasteiger partial charge in [0.05, 0.1) is 5.02 Å². The fourth-order valence-electron chi connectivity index (χ4n) is 2.03. The summed E-state index contributed by atoms with van der Waals surface area (Å²) in [7, 11) is 0. The molecular formula is C21H23ClF2N2O. The van der Waals surface area contributed by atoms with E-state index >= 15 is 4.39 Å². The molecule has 144 valence electrons. The predicted molar refractivity (Wildman–Crippen MR) is 102 cm³/mol. The average molecular weight is 408 g/mol. The van der Waals surface area contributed by atoms with Gasteiger partial charge in [-0.3, -0.25) is 9.78 Å². The number of carbonyl (C=O) groups excluding carboxylic acids is 1. The number of aromatic nitrogens is 1. The van der Waals surface area contributed by atoms with E-state index in [-0.39, 0.29) is 5.56 Å². The Kier molecular flexibility index (Phi) is 2.52. The lowest BCUT2D eigenvalue weighted by Gasteiger charge is -2.36. The summed E-state index contributed by atoms with van der Waals surface area (Å²) < 4.78 is 153. The summed E-state index contributed by atoms with van der Waals surface area (Å²) in [5, 5.41) is -0.677. The Bertz CT molecular complexity index is 1350. The first-order valence-electron chi connectivity index (χ1n) is 15.1. The largest absolute Gasteiger partial charge is 0.338 e. The van der Waals surface area contributed by atoms with E-state index in [1.54, 1.807) is 0 Å². The molecule has 3 nitrogen and oxygen atoms in total. The van der Waals surface area contributed by atoms with E-state index in [2.05, 4.69) is 4.98 Å². The highest BCUT2D eigenvalue weighted by atomic mass is 35.5. The van der Waals surface area contributed by atoms with Crippen molar-refractivity contribution in [2.45, 2.75) is 44.4 Å². The lowest BCUT2D eigenvalue weighted by molar-refractivity contribution is 0.0389. The zero-order chi connectivity index (χ0) is 32.7. The zero-order valence-corrected chi connectivity index (χ0v) is 14.4. The first-order valence-corrected chi connectivity index (χ1v) is 7.95. The van der Waals surface area contributed by atoms with Crippen molar-refractivity contribution in [3.8, 4) is 0 Å². The highest BCUT2D eigenvalue weighted by Crippen LogP contribution is 2.32. The smallest absolute Gasteiger partial charge is 0.253 e. The summed E-state index contributed by atoms with van der Waals surface area (Å²) in [6.45, 7) is -10.9. The van der Waals surface area contributed by atoms with Gasteiger partial charge in [0.2, 0.25) is 0 Å². The van der Waals surface area contributed by atoms with Crippen molar-refractivity contribution in [2.75, 3.05) is 13.0 Å². The van der Waals surface area contributed by atoms with Crippen molar-refractivity contribution in [3.05, 3.63) is 64.2 Å². The molecule has 27 heavy (non-hydrogen) atoms. The van der Waals surface area contributed by atoms with Crippen molar-refractivity contribution in [3.63, 3.8) is 0 Å². The number of piperidine rings is 1. The molecule has 1 aromatic carbocycles. The van der Waals surface area contributed by atoms with Crippen LogP contribution in [0.2, 0.25) is 5.02 Å². The molecule has 2 heterocycles. The maximum absolute atomic E-state index is 17.0.